The average Bonchev–Trinajstić information content (AvgIpc) is 2.65. The molecule has 0 bridgehead atoms. The van der Waals surface area contributed by atoms with Crippen molar-refractivity contribution in [2.24, 2.45) is 0 Å². The second-order valence-electron chi connectivity index (χ2n) is 6.50. The third-order valence-electron chi connectivity index (χ3n) is 4.43. The maximum atomic E-state index is 12.3. The van der Waals surface area contributed by atoms with E-state index in [0.717, 1.165) is 29.7 Å². The van der Waals surface area contributed by atoms with Gasteiger partial charge in [-0.1, -0.05) is 31.4 Å². The van der Waals surface area contributed by atoms with Crippen molar-refractivity contribution in [3.63, 3.8) is 0 Å². The molecule has 1 aliphatic carbocycles. The van der Waals surface area contributed by atoms with E-state index in [0.29, 0.717) is 11.8 Å². The van der Waals surface area contributed by atoms with E-state index in [-0.39, 0.29) is 5.91 Å². The minimum absolute atomic E-state index is 0.0302. The van der Waals surface area contributed by atoms with Gasteiger partial charge in [0.2, 0.25) is 5.91 Å². The van der Waals surface area contributed by atoms with Crippen LogP contribution in [0.5, 0.6) is 11.5 Å². The number of carbonyl (C=O) groups excluding carboxylic acids is 1. The van der Waals surface area contributed by atoms with Crippen molar-refractivity contribution in [1.29, 1.82) is 0 Å². The van der Waals surface area contributed by atoms with E-state index >= 15 is 0 Å². The number of aromatic nitrogens is 1. The molecule has 1 fully saturated rings. The number of ether oxygens (including phenoxy) is 1. The molecule has 1 amide bonds. The van der Waals surface area contributed by atoms with Gasteiger partial charge >= 0.3 is 0 Å². The Hall–Kier alpha value is -2.62. The number of amides is 1. The zero-order valence-electron chi connectivity index (χ0n) is 14.6. The Labute approximate surface area is 148 Å². The molecule has 1 saturated carbocycles. The number of hydrogen-bond acceptors (Lipinski definition) is 3. The van der Waals surface area contributed by atoms with Crippen molar-refractivity contribution in [3.8, 4) is 11.5 Å². The van der Waals surface area contributed by atoms with Crippen LogP contribution in [0.1, 0.15) is 44.6 Å². The minimum atomic E-state index is 0.0302. The van der Waals surface area contributed by atoms with Crippen LogP contribution in [0.3, 0.4) is 0 Å². The van der Waals surface area contributed by atoms with Crippen LogP contribution in [0.15, 0.2) is 54.4 Å². The standard InChI is InChI=1S/C21H24N2O2/c1-16(21(24)23-18-6-3-2-4-7-18)14-17-9-11-19(12-10-17)25-20-8-5-13-22-15-20/h5,8-15,18H,2-4,6-7H2,1H3,(H,23,24). The van der Waals surface area contributed by atoms with Crippen molar-refractivity contribution in [3.05, 3.63) is 59.9 Å². The van der Waals surface area contributed by atoms with Crippen molar-refractivity contribution < 1.29 is 9.53 Å². The highest BCUT2D eigenvalue weighted by atomic mass is 16.5. The predicted molar refractivity (Wildman–Crippen MR) is 99.4 cm³/mol. The molecule has 0 aliphatic heterocycles. The molecule has 25 heavy (non-hydrogen) atoms. The molecule has 0 atom stereocenters. The highest BCUT2D eigenvalue weighted by Gasteiger charge is 2.16. The smallest absolute Gasteiger partial charge is 0.247 e. The van der Waals surface area contributed by atoms with Crippen LogP contribution >= 0.6 is 0 Å². The van der Waals surface area contributed by atoms with Gasteiger partial charge in [-0.05, 0) is 55.7 Å². The van der Waals surface area contributed by atoms with Crippen LogP contribution in [-0.2, 0) is 4.79 Å². The zero-order valence-corrected chi connectivity index (χ0v) is 14.6. The lowest BCUT2D eigenvalue weighted by molar-refractivity contribution is -0.118. The van der Waals surface area contributed by atoms with Gasteiger partial charge in [-0.2, -0.15) is 0 Å². The molecule has 0 spiro atoms. The van der Waals surface area contributed by atoms with E-state index in [4.69, 9.17) is 4.74 Å². The quantitative estimate of drug-likeness (QED) is 0.803. The molecular weight excluding hydrogens is 312 g/mol. The average molecular weight is 336 g/mol. The summed E-state index contributed by atoms with van der Waals surface area (Å²) in [6, 6.07) is 11.7. The Morgan fingerprint density at radius 3 is 2.56 bits per heavy atom. The van der Waals surface area contributed by atoms with Gasteiger partial charge in [0.05, 0.1) is 6.20 Å². The first-order valence-electron chi connectivity index (χ1n) is 8.88. The molecule has 1 aliphatic rings. The molecule has 4 nitrogen and oxygen atoms in total. The molecule has 1 aromatic carbocycles. The summed E-state index contributed by atoms with van der Waals surface area (Å²) < 4.78 is 5.72. The first-order chi connectivity index (χ1) is 12.2. The molecule has 0 saturated heterocycles. The monoisotopic (exact) mass is 336 g/mol. The molecular formula is C21H24N2O2. The van der Waals surface area contributed by atoms with Gasteiger partial charge in [0, 0.05) is 17.8 Å². The van der Waals surface area contributed by atoms with Crippen LogP contribution in [0.25, 0.3) is 6.08 Å². The summed E-state index contributed by atoms with van der Waals surface area (Å²) >= 11 is 0. The first kappa shape index (κ1) is 17.2. The second kappa shape index (κ2) is 8.47. The molecule has 4 heteroatoms. The molecule has 3 rings (SSSR count). The first-order valence-corrected chi connectivity index (χ1v) is 8.88. The SMILES string of the molecule is CC(=Cc1ccc(Oc2cccnc2)cc1)C(=O)NC1CCCCC1. The lowest BCUT2D eigenvalue weighted by Crippen LogP contribution is -2.36. The summed E-state index contributed by atoms with van der Waals surface area (Å²) in [5.74, 6) is 1.48. The Kier molecular flexibility index (Phi) is 5.83. The highest BCUT2D eigenvalue weighted by Crippen LogP contribution is 2.21. The maximum Gasteiger partial charge on any atom is 0.247 e. The number of benzene rings is 1. The van der Waals surface area contributed by atoms with Crippen LogP contribution in [0.4, 0.5) is 0 Å². The van der Waals surface area contributed by atoms with E-state index < -0.39 is 0 Å². The Morgan fingerprint density at radius 2 is 1.88 bits per heavy atom. The normalized spacial score (nSPS) is 15.6. The fourth-order valence-electron chi connectivity index (χ4n) is 3.04. The summed E-state index contributed by atoms with van der Waals surface area (Å²) in [6.45, 7) is 1.86. The number of nitrogens with zero attached hydrogens (tertiary/aromatic N) is 1. The number of pyridine rings is 1. The molecule has 0 unspecified atom stereocenters. The number of hydrogen-bond donors (Lipinski definition) is 1. The van der Waals surface area contributed by atoms with Crippen LogP contribution in [0.2, 0.25) is 0 Å². The Balaban J connectivity index is 1.59. The summed E-state index contributed by atoms with van der Waals surface area (Å²) in [5.41, 5.74) is 1.71. The Bertz CT molecular complexity index is 717. The van der Waals surface area contributed by atoms with Gasteiger partial charge < -0.3 is 10.1 Å². The van der Waals surface area contributed by atoms with E-state index in [1.54, 1.807) is 12.4 Å². The van der Waals surface area contributed by atoms with Gasteiger partial charge in [-0.3, -0.25) is 9.78 Å². The summed E-state index contributed by atoms with van der Waals surface area (Å²) in [4.78, 5) is 16.3. The predicted octanol–water partition coefficient (Wildman–Crippen LogP) is 4.73. The summed E-state index contributed by atoms with van der Waals surface area (Å²) in [6.07, 6.45) is 11.2. The molecule has 130 valence electrons. The minimum Gasteiger partial charge on any atom is -0.456 e. The van der Waals surface area contributed by atoms with Crippen molar-refractivity contribution in [2.75, 3.05) is 0 Å². The van der Waals surface area contributed by atoms with Crippen molar-refractivity contribution in [1.82, 2.24) is 10.3 Å². The number of carbonyl (C=O) groups is 1. The lowest BCUT2D eigenvalue weighted by atomic mass is 9.95. The van der Waals surface area contributed by atoms with Crippen LogP contribution in [0, 0.1) is 0 Å². The molecule has 0 radical (unpaired) electrons. The molecule has 1 aromatic heterocycles. The van der Waals surface area contributed by atoms with E-state index in [9.17, 15) is 4.79 Å². The van der Waals surface area contributed by atoms with E-state index in [1.165, 1.54) is 19.3 Å². The number of rotatable bonds is 5. The fraction of sp³-hybridized carbons (Fsp3) is 0.333. The largest absolute Gasteiger partial charge is 0.456 e. The second-order valence-corrected chi connectivity index (χ2v) is 6.50. The summed E-state index contributed by atoms with van der Waals surface area (Å²) in [7, 11) is 0. The van der Waals surface area contributed by atoms with Crippen LogP contribution < -0.4 is 10.1 Å². The molecule has 2 aromatic rings. The van der Waals surface area contributed by atoms with Gasteiger partial charge in [0.25, 0.3) is 0 Å². The van der Waals surface area contributed by atoms with Gasteiger partial charge in [-0.25, -0.2) is 0 Å². The lowest BCUT2D eigenvalue weighted by Gasteiger charge is -2.22. The topological polar surface area (TPSA) is 51.2 Å². The number of nitrogens with one attached hydrogen (secondary N) is 1. The van der Waals surface area contributed by atoms with Gasteiger partial charge in [0.1, 0.15) is 11.5 Å². The van der Waals surface area contributed by atoms with E-state index in [2.05, 4.69) is 10.3 Å². The molecule has 1 N–H and O–H groups in total. The van der Waals surface area contributed by atoms with E-state index in [1.807, 2.05) is 49.4 Å². The Morgan fingerprint density at radius 1 is 1.12 bits per heavy atom. The summed E-state index contributed by atoms with van der Waals surface area (Å²) in [5, 5.41) is 3.14. The maximum absolute atomic E-state index is 12.3. The van der Waals surface area contributed by atoms with Crippen LogP contribution in [-0.4, -0.2) is 16.9 Å². The van der Waals surface area contributed by atoms with Gasteiger partial charge in [0.15, 0.2) is 0 Å². The molecule has 1 heterocycles. The van der Waals surface area contributed by atoms with Gasteiger partial charge in [-0.15, -0.1) is 0 Å². The highest BCUT2D eigenvalue weighted by molar-refractivity contribution is 5.97. The van der Waals surface area contributed by atoms with Crippen molar-refractivity contribution >= 4 is 12.0 Å². The third-order valence-corrected chi connectivity index (χ3v) is 4.43. The fourth-order valence-corrected chi connectivity index (χ4v) is 3.04. The van der Waals surface area contributed by atoms with Crippen molar-refractivity contribution in [2.45, 2.75) is 45.1 Å². The zero-order chi connectivity index (χ0) is 17.5. The third kappa shape index (κ3) is 5.18.